The van der Waals surface area contributed by atoms with Gasteiger partial charge in [-0.05, 0) is 36.4 Å². The van der Waals surface area contributed by atoms with E-state index < -0.39 is 17.8 Å². The fourth-order valence-electron chi connectivity index (χ4n) is 1.66. The molecule has 0 bridgehead atoms. The molecule has 0 saturated carbocycles. The van der Waals surface area contributed by atoms with Crippen LogP contribution >= 0.6 is 0 Å². The van der Waals surface area contributed by atoms with Crippen LogP contribution in [0.4, 0.5) is 5.69 Å². The van der Waals surface area contributed by atoms with E-state index in [2.05, 4.69) is 10.3 Å². The Morgan fingerprint density at radius 3 is 2.24 bits per heavy atom. The Bertz CT molecular complexity index is 710. The maximum absolute atomic E-state index is 12.0. The van der Waals surface area contributed by atoms with Gasteiger partial charge in [0.25, 0.3) is 5.91 Å². The van der Waals surface area contributed by atoms with Crippen molar-refractivity contribution in [1.29, 1.82) is 0 Å². The molecule has 0 aliphatic carbocycles. The van der Waals surface area contributed by atoms with Crippen molar-refractivity contribution in [2.75, 3.05) is 5.32 Å². The first-order valence-corrected chi connectivity index (χ1v) is 5.88. The van der Waals surface area contributed by atoms with Crippen LogP contribution in [0.3, 0.4) is 0 Å². The third-order valence-corrected chi connectivity index (χ3v) is 2.69. The predicted molar refractivity (Wildman–Crippen MR) is 74.1 cm³/mol. The van der Waals surface area contributed by atoms with E-state index in [0.717, 1.165) is 0 Å². The number of aromatic carboxylic acids is 1. The van der Waals surface area contributed by atoms with Crippen molar-refractivity contribution in [3.63, 3.8) is 0 Å². The molecule has 0 atom stereocenters. The highest BCUT2D eigenvalue weighted by Crippen LogP contribution is 2.14. The van der Waals surface area contributed by atoms with Gasteiger partial charge in [-0.25, -0.2) is 9.78 Å². The summed E-state index contributed by atoms with van der Waals surface area (Å²) in [5.41, 5.74) is 5.49. The molecule has 0 saturated heterocycles. The van der Waals surface area contributed by atoms with E-state index in [0.29, 0.717) is 0 Å². The lowest BCUT2D eigenvalue weighted by atomic mass is 10.1. The molecule has 2 rings (SSSR count). The molecule has 0 aliphatic heterocycles. The standard InChI is InChI=1S/C14H11N3O4/c15-12(18)8-3-5-9(6-4-8)13(19)17-10-2-1-7-16-11(10)14(20)21/h1-7H,(H2,15,18)(H,17,19)(H,20,21). The lowest BCUT2D eigenvalue weighted by Crippen LogP contribution is -2.16. The average molecular weight is 285 g/mol. The first kappa shape index (κ1) is 14.2. The number of hydrogen-bond donors (Lipinski definition) is 3. The van der Waals surface area contributed by atoms with Crippen molar-refractivity contribution < 1.29 is 19.5 Å². The number of anilines is 1. The number of pyridine rings is 1. The maximum atomic E-state index is 12.0. The minimum absolute atomic E-state index is 0.0916. The fraction of sp³-hybridized carbons (Fsp3) is 0. The molecule has 2 aromatic rings. The second kappa shape index (κ2) is 5.83. The van der Waals surface area contributed by atoms with Crippen molar-refractivity contribution in [3.05, 3.63) is 59.4 Å². The monoisotopic (exact) mass is 285 g/mol. The topological polar surface area (TPSA) is 122 Å². The molecule has 1 aromatic heterocycles. The number of carboxylic acids is 1. The molecule has 0 fully saturated rings. The van der Waals surface area contributed by atoms with Gasteiger partial charge in [0.2, 0.25) is 5.91 Å². The summed E-state index contributed by atoms with van der Waals surface area (Å²) in [6.45, 7) is 0. The number of carboxylic acid groups (broad SMARTS) is 1. The van der Waals surface area contributed by atoms with E-state index in [4.69, 9.17) is 10.8 Å². The molecule has 4 N–H and O–H groups in total. The van der Waals surface area contributed by atoms with Crippen molar-refractivity contribution in [2.24, 2.45) is 5.73 Å². The second-order valence-electron chi connectivity index (χ2n) is 4.10. The first-order valence-electron chi connectivity index (χ1n) is 5.88. The van der Waals surface area contributed by atoms with Gasteiger partial charge in [0.15, 0.2) is 5.69 Å². The minimum Gasteiger partial charge on any atom is -0.476 e. The highest BCUT2D eigenvalue weighted by Gasteiger charge is 2.14. The zero-order valence-corrected chi connectivity index (χ0v) is 10.7. The lowest BCUT2D eigenvalue weighted by Gasteiger charge is -2.07. The number of rotatable bonds is 4. The van der Waals surface area contributed by atoms with Crippen LogP contribution in [-0.2, 0) is 0 Å². The van der Waals surface area contributed by atoms with E-state index in [1.165, 1.54) is 42.6 Å². The average Bonchev–Trinajstić information content (AvgIpc) is 2.47. The summed E-state index contributed by atoms with van der Waals surface area (Å²) in [5, 5.41) is 11.4. The van der Waals surface area contributed by atoms with Gasteiger partial charge in [0.1, 0.15) is 0 Å². The van der Waals surface area contributed by atoms with Gasteiger partial charge >= 0.3 is 5.97 Å². The summed E-state index contributed by atoms with van der Waals surface area (Å²) in [6, 6.07) is 8.63. The number of carbonyl (C=O) groups is 3. The van der Waals surface area contributed by atoms with Gasteiger partial charge in [0.05, 0.1) is 5.69 Å². The maximum Gasteiger partial charge on any atom is 0.356 e. The summed E-state index contributed by atoms with van der Waals surface area (Å²) in [7, 11) is 0. The smallest absolute Gasteiger partial charge is 0.356 e. The van der Waals surface area contributed by atoms with E-state index in [9.17, 15) is 14.4 Å². The third kappa shape index (κ3) is 3.21. The molecule has 2 amide bonds. The minimum atomic E-state index is -1.24. The summed E-state index contributed by atoms with van der Waals surface area (Å²) < 4.78 is 0. The molecule has 7 heteroatoms. The third-order valence-electron chi connectivity index (χ3n) is 2.69. The van der Waals surface area contributed by atoms with Crippen molar-refractivity contribution in [2.45, 2.75) is 0 Å². The summed E-state index contributed by atoms with van der Waals surface area (Å²) >= 11 is 0. The molecule has 106 valence electrons. The second-order valence-corrected chi connectivity index (χ2v) is 4.10. The fourth-order valence-corrected chi connectivity index (χ4v) is 1.66. The van der Waals surface area contributed by atoms with Crippen LogP contribution in [0.5, 0.6) is 0 Å². The molecule has 0 radical (unpaired) electrons. The van der Waals surface area contributed by atoms with Gasteiger partial charge in [0, 0.05) is 17.3 Å². The Hall–Kier alpha value is -3.22. The van der Waals surface area contributed by atoms with E-state index in [1.54, 1.807) is 0 Å². The molecular formula is C14H11N3O4. The first-order chi connectivity index (χ1) is 9.99. The van der Waals surface area contributed by atoms with Crippen LogP contribution in [0.25, 0.3) is 0 Å². The summed E-state index contributed by atoms with van der Waals surface area (Å²) in [4.78, 5) is 37.6. The van der Waals surface area contributed by atoms with Gasteiger partial charge in [-0.1, -0.05) is 0 Å². The molecule has 0 unspecified atom stereocenters. The van der Waals surface area contributed by atoms with Gasteiger partial charge in [-0.2, -0.15) is 0 Å². The zero-order valence-electron chi connectivity index (χ0n) is 10.7. The van der Waals surface area contributed by atoms with E-state index in [-0.39, 0.29) is 22.5 Å². The number of nitrogens with two attached hydrogens (primary N) is 1. The van der Waals surface area contributed by atoms with Gasteiger partial charge in [-0.3, -0.25) is 9.59 Å². The van der Waals surface area contributed by atoms with Crippen molar-refractivity contribution >= 4 is 23.5 Å². The van der Waals surface area contributed by atoms with Crippen LogP contribution < -0.4 is 11.1 Å². The number of nitrogens with zero attached hydrogens (tertiary/aromatic N) is 1. The molecule has 0 spiro atoms. The van der Waals surface area contributed by atoms with Crippen molar-refractivity contribution in [1.82, 2.24) is 4.98 Å². The van der Waals surface area contributed by atoms with E-state index >= 15 is 0 Å². The number of primary amides is 1. The lowest BCUT2D eigenvalue weighted by molar-refractivity contribution is 0.0691. The van der Waals surface area contributed by atoms with E-state index in [1.807, 2.05) is 0 Å². The Balaban J connectivity index is 2.22. The van der Waals surface area contributed by atoms with Gasteiger partial charge < -0.3 is 16.2 Å². The Labute approximate surface area is 119 Å². The van der Waals surface area contributed by atoms with Crippen LogP contribution in [0.2, 0.25) is 0 Å². The number of aromatic nitrogens is 1. The summed E-state index contributed by atoms with van der Waals surface area (Å²) in [5.74, 6) is -2.35. The number of amides is 2. The Kier molecular flexibility index (Phi) is 3.94. The highest BCUT2D eigenvalue weighted by molar-refractivity contribution is 6.07. The van der Waals surface area contributed by atoms with Crippen molar-refractivity contribution in [3.8, 4) is 0 Å². The number of benzene rings is 1. The molecule has 1 aromatic carbocycles. The predicted octanol–water partition coefficient (Wildman–Crippen LogP) is 1.13. The molecule has 21 heavy (non-hydrogen) atoms. The van der Waals surface area contributed by atoms with Crippen LogP contribution in [-0.4, -0.2) is 27.9 Å². The Morgan fingerprint density at radius 2 is 1.67 bits per heavy atom. The summed E-state index contributed by atoms with van der Waals surface area (Å²) in [6.07, 6.45) is 1.32. The SMILES string of the molecule is NC(=O)c1ccc(C(=O)Nc2cccnc2C(=O)O)cc1. The molecule has 7 nitrogen and oxygen atoms in total. The number of nitrogens with one attached hydrogen (secondary N) is 1. The van der Waals surface area contributed by atoms with Crippen LogP contribution in [0.1, 0.15) is 31.2 Å². The quantitative estimate of drug-likeness (QED) is 0.777. The largest absolute Gasteiger partial charge is 0.476 e. The van der Waals surface area contributed by atoms with Crippen LogP contribution in [0.15, 0.2) is 42.6 Å². The molecular weight excluding hydrogens is 274 g/mol. The zero-order chi connectivity index (χ0) is 15.4. The Morgan fingerprint density at radius 1 is 1.05 bits per heavy atom. The number of hydrogen-bond acceptors (Lipinski definition) is 4. The normalized spacial score (nSPS) is 9.90. The molecule has 1 heterocycles. The van der Waals surface area contributed by atoms with Crippen LogP contribution in [0, 0.1) is 0 Å². The highest BCUT2D eigenvalue weighted by atomic mass is 16.4. The number of carbonyl (C=O) groups excluding carboxylic acids is 2. The van der Waals surface area contributed by atoms with Gasteiger partial charge in [-0.15, -0.1) is 0 Å². The molecule has 0 aliphatic rings.